The third-order valence-electron chi connectivity index (χ3n) is 5.88. The Morgan fingerprint density at radius 2 is 1.93 bits per heavy atom. The number of hydrogen-bond donors (Lipinski definition) is 1. The molecule has 3 heterocycles. The quantitative estimate of drug-likeness (QED) is 0.327. The van der Waals surface area contributed by atoms with E-state index in [1.165, 1.54) is 13.8 Å². The van der Waals surface area contributed by atoms with Gasteiger partial charge in [0.05, 0.1) is 0 Å². The van der Waals surface area contributed by atoms with E-state index in [0.717, 1.165) is 0 Å². The van der Waals surface area contributed by atoms with Crippen LogP contribution in [0, 0.1) is 5.92 Å². The number of hydrogen-bond acceptors (Lipinski definition) is 8. The molecule has 0 aromatic rings. The predicted octanol–water partition coefficient (Wildman–Crippen LogP) is 1.72. The standard InChI is InChI=1S/C21H26O8/c1-10(2)18(23)28-16-8-14-12(4)19(24)27-15(14)7-11(3)21(25)9-17(26-13(5)22)20(16,6)29-21/h7,14-17,25H,1,4,8-9H2,2-3,5-6H3. The van der Waals surface area contributed by atoms with Crippen LogP contribution in [0.15, 0.2) is 36.0 Å². The number of fused-ring (bicyclic) bond motifs is 3. The molecule has 8 heteroatoms. The largest absolute Gasteiger partial charge is 0.459 e. The zero-order valence-electron chi connectivity index (χ0n) is 17.0. The highest BCUT2D eigenvalue weighted by atomic mass is 16.7. The van der Waals surface area contributed by atoms with Gasteiger partial charge < -0.3 is 24.1 Å². The number of carbonyl (C=O) groups is 3. The maximum absolute atomic E-state index is 12.3. The van der Waals surface area contributed by atoms with Crippen molar-refractivity contribution in [3.05, 3.63) is 36.0 Å². The van der Waals surface area contributed by atoms with Gasteiger partial charge in [0, 0.05) is 30.4 Å². The summed E-state index contributed by atoms with van der Waals surface area (Å²) >= 11 is 0. The first-order chi connectivity index (χ1) is 13.4. The minimum atomic E-state index is -1.78. The molecule has 0 aliphatic carbocycles. The van der Waals surface area contributed by atoms with Crippen molar-refractivity contribution >= 4 is 17.9 Å². The first-order valence-corrected chi connectivity index (χ1v) is 9.42. The van der Waals surface area contributed by atoms with Gasteiger partial charge in [-0.05, 0) is 38.8 Å². The highest BCUT2D eigenvalue weighted by Crippen LogP contribution is 2.49. The summed E-state index contributed by atoms with van der Waals surface area (Å²) in [6, 6.07) is 0. The van der Waals surface area contributed by atoms with Gasteiger partial charge in [0.15, 0.2) is 5.79 Å². The zero-order chi connectivity index (χ0) is 21.7. The van der Waals surface area contributed by atoms with E-state index in [0.29, 0.717) is 5.57 Å². The number of rotatable bonds is 3. The summed E-state index contributed by atoms with van der Waals surface area (Å²) in [4.78, 5) is 36.1. The summed E-state index contributed by atoms with van der Waals surface area (Å²) in [7, 11) is 0. The monoisotopic (exact) mass is 406 g/mol. The lowest BCUT2D eigenvalue weighted by Crippen LogP contribution is -2.52. The topological polar surface area (TPSA) is 108 Å². The van der Waals surface area contributed by atoms with Crippen LogP contribution in [0.2, 0.25) is 0 Å². The lowest BCUT2D eigenvalue weighted by molar-refractivity contribution is -0.236. The molecule has 0 spiro atoms. The Balaban J connectivity index is 2.11. The summed E-state index contributed by atoms with van der Waals surface area (Å²) in [5.41, 5.74) is -0.550. The van der Waals surface area contributed by atoms with Gasteiger partial charge in [0.2, 0.25) is 0 Å². The van der Waals surface area contributed by atoms with E-state index in [9.17, 15) is 19.5 Å². The van der Waals surface area contributed by atoms with Gasteiger partial charge in [0.25, 0.3) is 0 Å². The van der Waals surface area contributed by atoms with E-state index in [1.54, 1.807) is 19.9 Å². The molecule has 3 rings (SSSR count). The van der Waals surface area contributed by atoms with Crippen molar-refractivity contribution in [1.82, 2.24) is 0 Å². The second-order valence-electron chi connectivity index (χ2n) is 8.13. The van der Waals surface area contributed by atoms with E-state index in [-0.39, 0.29) is 24.0 Å². The third kappa shape index (κ3) is 3.62. The van der Waals surface area contributed by atoms with Crippen LogP contribution in [-0.2, 0) is 33.3 Å². The Morgan fingerprint density at radius 1 is 1.28 bits per heavy atom. The molecule has 6 atom stereocenters. The van der Waals surface area contributed by atoms with E-state index >= 15 is 0 Å². The second-order valence-corrected chi connectivity index (χ2v) is 8.13. The van der Waals surface area contributed by atoms with Gasteiger partial charge in [-0.3, -0.25) is 4.79 Å². The molecule has 3 aliphatic rings. The minimum absolute atomic E-state index is 0.0567. The number of carbonyl (C=O) groups excluding carboxylic acids is 3. The molecule has 0 saturated carbocycles. The normalized spacial score (nSPS) is 38.7. The number of ether oxygens (including phenoxy) is 4. The van der Waals surface area contributed by atoms with Crippen LogP contribution in [0.3, 0.4) is 0 Å². The van der Waals surface area contributed by atoms with E-state index < -0.39 is 53.5 Å². The third-order valence-corrected chi connectivity index (χ3v) is 5.88. The highest BCUT2D eigenvalue weighted by Gasteiger charge is 2.62. The van der Waals surface area contributed by atoms with Gasteiger partial charge in [-0.25, -0.2) is 9.59 Å². The molecule has 2 saturated heterocycles. The SMILES string of the molecule is C=C(C)C(=O)OC1CC2C(=C)C(=O)OC2C=C(C)C2(O)CC(OC(C)=O)C1(C)O2. The average Bonchev–Trinajstić information content (AvgIpc) is 3.02. The summed E-state index contributed by atoms with van der Waals surface area (Å²) < 4.78 is 22.5. The van der Waals surface area contributed by atoms with Crippen LogP contribution in [0.25, 0.3) is 0 Å². The van der Waals surface area contributed by atoms with Crippen molar-refractivity contribution in [2.24, 2.45) is 5.92 Å². The van der Waals surface area contributed by atoms with Crippen molar-refractivity contribution in [1.29, 1.82) is 0 Å². The Labute approximate surface area is 169 Å². The lowest BCUT2D eigenvalue weighted by Gasteiger charge is -2.38. The van der Waals surface area contributed by atoms with Crippen molar-refractivity contribution < 1.29 is 38.4 Å². The molecule has 0 radical (unpaired) electrons. The van der Waals surface area contributed by atoms with Gasteiger partial charge in [0.1, 0.15) is 23.9 Å². The fraction of sp³-hybridized carbons (Fsp3) is 0.571. The molecular formula is C21H26O8. The van der Waals surface area contributed by atoms with E-state index in [1.807, 2.05) is 0 Å². The van der Waals surface area contributed by atoms with Crippen molar-refractivity contribution in [3.63, 3.8) is 0 Å². The molecular weight excluding hydrogens is 380 g/mol. The molecule has 6 unspecified atom stereocenters. The molecule has 2 fully saturated rings. The van der Waals surface area contributed by atoms with Gasteiger partial charge in [-0.15, -0.1) is 0 Å². The summed E-state index contributed by atoms with van der Waals surface area (Å²) in [6.07, 6.45) is -0.854. The molecule has 1 N–H and O–H groups in total. The molecule has 2 bridgehead atoms. The molecule has 0 aromatic carbocycles. The van der Waals surface area contributed by atoms with Crippen LogP contribution in [-0.4, -0.2) is 52.7 Å². The van der Waals surface area contributed by atoms with Crippen LogP contribution < -0.4 is 0 Å². The number of aliphatic hydroxyl groups is 1. The van der Waals surface area contributed by atoms with Crippen molar-refractivity contribution in [2.75, 3.05) is 0 Å². The maximum Gasteiger partial charge on any atom is 0.334 e. The van der Waals surface area contributed by atoms with Crippen molar-refractivity contribution in [3.8, 4) is 0 Å². The smallest absolute Gasteiger partial charge is 0.334 e. The Morgan fingerprint density at radius 3 is 2.52 bits per heavy atom. The second kappa shape index (κ2) is 7.11. The first kappa shape index (κ1) is 21.3. The maximum atomic E-state index is 12.3. The van der Waals surface area contributed by atoms with Gasteiger partial charge >= 0.3 is 17.9 Å². The Kier molecular flexibility index (Phi) is 5.21. The zero-order valence-corrected chi connectivity index (χ0v) is 17.0. The van der Waals surface area contributed by atoms with Crippen LogP contribution >= 0.6 is 0 Å². The number of esters is 3. The van der Waals surface area contributed by atoms with Gasteiger partial charge in [-0.2, -0.15) is 0 Å². The Bertz CT molecular complexity index is 827. The molecule has 0 aromatic heterocycles. The highest BCUT2D eigenvalue weighted by molar-refractivity contribution is 5.91. The van der Waals surface area contributed by atoms with Crippen LogP contribution in [0.5, 0.6) is 0 Å². The lowest BCUT2D eigenvalue weighted by atomic mass is 9.80. The van der Waals surface area contributed by atoms with E-state index in [4.69, 9.17) is 18.9 Å². The average molecular weight is 406 g/mol. The molecule has 0 amide bonds. The first-order valence-electron chi connectivity index (χ1n) is 9.42. The fourth-order valence-electron chi connectivity index (χ4n) is 4.09. The van der Waals surface area contributed by atoms with Gasteiger partial charge in [-0.1, -0.05) is 13.2 Å². The summed E-state index contributed by atoms with van der Waals surface area (Å²) in [5, 5.41) is 11.2. The minimum Gasteiger partial charge on any atom is -0.459 e. The molecule has 29 heavy (non-hydrogen) atoms. The van der Waals surface area contributed by atoms with Crippen LogP contribution in [0.4, 0.5) is 0 Å². The molecule has 8 nitrogen and oxygen atoms in total. The fourth-order valence-corrected chi connectivity index (χ4v) is 4.09. The summed E-state index contributed by atoms with van der Waals surface area (Å²) in [6.45, 7) is 13.4. The molecule has 3 aliphatic heterocycles. The Hall–Kier alpha value is -2.45. The van der Waals surface area contributed by atoms with E-state index in [2.05, 4.69) is 13.2 Å². The van der Waals surface area contributed by atoms with Crippen molar-refractivity contribution in [2.45, 2.75) is 70.2 Å². The molecule has 158 valence electrons. The van der Waals surface area contributed by atoms with Crippen LogP contribution in [0.1, 0.15) is 40.5 Å². The summed E-state index contributed by atoms with van der Waals surface area (Å²) in [5.74, 6) is -4.04. The predicted molar refractivity (Wildman–Crippen MR) is 100 cm³/mol.